The van der Waals surface area contributed by atoms with Crippen molar-refractivity contribution in [1.29, 1.82) is 0 Å². The molecule has 0 atom stereocenters. The molecule has 2 rings (SSSR count). The molecule has 17 heavy (non-hydrogen) atoms. The molecule has 3 heteroatoms. The molecule has 0 amide bonds. The van der Waals surface area contributed by atoms with Gasteiger partial charge in [0, 0.05) is 17.0 Å². The van der Waals surface area contributed by atoms with Gasteiger partial charge in [0.2, 0.25) is 0 Å². The Hall–Kier alpha value is -1.32. The van der Waals surface area contributed by atoms with Crippen molar-refractivity contribution in [2.24, 2.45) is 5.73 Å². The molecule has 0 unspecified atom stereocenters. The van der Waals surface area contributed by atoms with Crippen LogP contribution in [0, 0.1) is 13.8 Å². The first-order valence-electron chi connectivity index (χ1n) is 5.59. The van der Waals surface area contributed by atoms with E-state index in [9.17, 15) is 0 Å². The highest BCUT2D eigenvalue weighted by molar-refractivity contribution is 7.10. The molecule has 1 heterocycles. The normalized spacial score (nSPS) is 10.6. The second-order valence-electron chi connectivity index (χ2n) is 4.09. The van der Waals surface area contributed by atoms with E-state index in [2.05, 4.69) is 37.4 Å². The van der Waals surface area contributed by atoms with Crippen LogP contribution in [0.3, 0.4) is 0 Å². The molecule has 0 aliphatic rings. The molecule has 0 saturated carbocycles. The Labute approximate surface area is 106 Å². The van der Waals surface area contributed by atoms with Gasteiger partial charge in [-0.1, -0.05) is 12.1 Å². The van der Waals surface area contributed by atoms with E-state index in [-0.39, 0.29) is 0 Å². The predicted molar refractivity (Wildman–Crippen MR) is 73.7 cm³/mol. The summed E-state index contributed by atoms with van der Waals surface area (Å²) in [6, 6.07) is 6.38. The van der Waals surface area contributed by atoms with Crippen molar-refractivity contribution in [3.63, 3.8) is 0 Å². The van der Waals surface area contributed by atoms with E-state index in [1.54, 1.807) is 18.4 Å². The van der Waals surface area contributed by atoms with Gasteiger partial charge < -0.3 is 10.5 Å². The van der Waals surface area contributed by atoms with E-state index < -0.39 is 0 Å². The molecule has 0 bridgehead atoms. The Morgan fingerprint density at radius 2 is 2.06 bits per heavy atom. The maximum absolute atomic E-state index is 5.64. The smallest absolute Gasteiger partial charge is 0.129 e. The minimum atomic E-state index is 0.595. The molecule has 2 N–H and O–H groups in total. The maximum Gasteiger partial charge on any atom is 0.129 e. The van der Waals surface area contributed by atoms with E-state index >= 15 is 0 Å². The molecular weight excluding hydrogens is 230 g/mol. The lowest BCUT2D eigenvalue weighted by molar-refractivity contribution is 0.413. The van der Waals surface area contributed by atoms with E-state index in [0.29, 0.717) is 6.54 Å². The lowest BCUT2D eigenvalue weighted by atomic mass is 10.0. The van der Waals surface area contributed by atoms with Gasteiger partial charge in [-0.15, -0.1) is 11.3 Å². The van der Waals surface area contributed by atoms with Gasteiger partial charge in [-0.3, -0.25) is 0 Å². The number of hydrogen-bond acceptors (Lipinski definition) is 3. The van der Waals surface area contributed by atoms with Crippen molar-refractivity contribution in [3.8, 4) is 16.9 Å². The summed E-state index contributed by atoms with van der Waals surface area (Å²) in [4.78, 5) is 1.19. The summed E-state index contributed by atoms with van der Waals surface area (Å²) in [6.07, 6.45) is 0. The van der Waals surface area contributed by atoms with Crippen LogP contribution in [0.25, 0.3) is 11.1 Å². The number of thiophene rings is 1. The molecule has 1 aromatic heterocycles. The zero-order valence-corrected chi connectivity index (χ0v) is 11.2. The molecule has 90 valence electrons. The first kappa shape index (κ1) is 12.1. The molecule has 2 nitrogen and oxygen atoms in total. The van der Waals surface area contributed by atoms with Crippen LogP contribution in [0.2, 0.25) is 0 Å². The number of rotatable bonds is 3. The SMILES string of the molecule is COc1c(-c2csc(CN)c2)ccc(C)c1C. The molecule has 1 aromatic carbocycles. The summed E-state index contributed by atoms with van der Waals surface area (Å²) in [5.74, 6) is 0.964. The highest BCUT2D eigenvalue weighted by Gasteiger charge is 2.11. The molecular formula is C14H17NOS. The Kier molecular flexibility index (Phi) is 3.50. The van der Waals surface area contributed by atoms with Crippen LogP contribution < -0.4 is 10.5 Å². The first-order valence-corrected chi connectivity index (χ1v) is 6.47. The molecule has 2 aromatic rings. The van der Waals surface area contributed by atoms with Crippen molar-refractivity contribution in [1.82, 2.24) is 0 Å². The molecule has 0 fully saturated rings. The second-order valence-corrected chi connectivity index (χ2v) is 5.09. The topological polar surface area (TPSA) is 35.2 Å². The quantitative estimate of drug-likeness (QED) is 0.901. The Morgan fingerprint density at radius 1 is 1.29 bits per heavy atom. The fourth-order valence-electron chi connectivity index (χ4n) is 1.91. The van der Waals surface area contributed by atoms with Gasteiger partial charge in [0.1, 0.15) is 5.75 Å². The van der Waals surface area contributed by atoms with Gasteiger partial charge in [0.05, 0.1) is 7.11 Å². The van der Waals surface area contributed by atoms with Crippen LogP contribution in [0.1, 0.15) is 16.0 Å². The van der Waals surface area contributed by atoms with Crippen LogP contribution in [-0.2, 0) is 6.54 Å². The average Bonchev–Trinajstić information content (AvgIpc) is 2.81. The van der Waals surface area contributed by atoms with Crippen LogP contribution >= 0.6 is 11.3 Å². The molecule has 0 aliphatic carbocycles. The van der Waals surface area contributed by atoms with Crippen LogP contribution in [0.15, 0.2) is 23.6 Å². The van der Waals surface area contributed by atoms with Crippen molar-refractivity contribution in [2.45, 2.75) is 20.4 Å². The zero-order valence-electron chi connectivity index (χ0n) is 10.4. The van der Waals surface area contributed by atoms with E-state index in [1.165, 1.54) is 21.6 Å². The second kappa shape index (κ2) is 4.90. The summed E-state index contributed by atoms with van der Waals surface area (Å²) < 4.78 is 5.53. The van der Waals surface area contributed by atoms with Crippen molar-refractivity contribution < 1.29 is 4.74 Å². The average molecular weight is 247 g/mol. The lowest BCUT2D eigenvalue weighted by Gasteiger charge is -2.12. The largest absolute Gasteiger partial charge is 0.496 e. The highest BCUT2D eigenvalue weighted by atomic mass is 32.1. The monoisotopic (exact) mass is 247 g/mol. The molecule has 0 aliphatic heterocycles. The third-order valence-electron chi connectivity index (χ3n) is 3.05. The van der Waals surface area contributed by atoms with Gasteiger partial charge in [-0.2, -0.15) is 0 Å². The van der Waals surface area contributed by atoms with Gasteiger partial charge in [-0.05, 0) is 42.0 Å². The molecule has 0 saturated heterocycles. The van der Waals surface area contributed by atoms with Gasteiger partial charge in [0.15, 0.2) is 0 Å². The Balaban J connectivity index is 2.55. The summed E-state index contributed by atoms with van der Waals surface area (Å²) in [5, 5.41) is 2.13. The Morgan fingerprint density at radius 3 is 2.65 bits per heavy atom. The number of ether oxygens (including phenoxy) is 1. The summed E-state index contributed by atoms with van der Waals surface area (Å²) in [7, 11) is 1.72. The first-order chi connectivity index (χ1) is 8.17. The summed E-state index contributed by atoms with van der Waals surface area (Å²) in [5.41, 5.74) is 10.4. The minimum absolute atomic E-state index is 0.595. The number of aryl methyl sites for hydroxylation is 1. The van der Waals surface area contributed by atoms with E-state index in [1.807, 2.05) is 0 Å². The standard InChI is InChI=1S/C14H17NOS/c1-9-4-5-13(14(16-3)10(9)2)11-6-12(7-15)17-8-11/h4-6,8H,7,15H2,1-3H3. The van der Waals surface area contributed by atoms with Crippen molar-refractivity contribution >= 4 is 11.3 Å². The fourth-order valence-corrected chi connectivity index (χ4v) is 2.67. The van der Waals surface area contributed by atoms with E-state index in [4.69, 9.17) is 10.5 Å². The third-order valence-corrected chi connectivity index (χ3v) is 4.01. The van der Waals surface area contributed by atoms with Crippen LogP contribution in [0.4, 0.5) is 0 Å². The molecule has 0 radical (unpaired) electrons. The summed E-state index contributed by atoms with van der Waals surface area (Å²) in [6.45, 7) is 4.78. The number of hydrogen-bond donors (Lipinski definition) is 1. The van der Waals surface area contributed by atoms with Crippen molar-refractivity contribution in [3.05, 3.63) is 39.6 Å². The van der Waals surface area contributed by atoms with Gasteiger partial charge >= 0.3 is 0 Å². The zero-order chi connectivity index (χ0) is 12.4. The maximum atomic E-state index is 5.64. The predicted octanol–water partition coefficient (Wildman–Crippen LogP) is 3.50. The molecule has 0 spiro atoms. The minimum Gasteiger partial charge on any atom is -0.496 e. The Bertz CT molecular complexity index is 531. The number of benzene rings is 1. The number of methoxy groups -OCH3 is 1. The van der Waals surface area contributed by atoms with Gasteiger partial charge in [-0.25, -0.2) is 0 Å². The third kappa shape index (κ3) is 2.21. The van der Waals surface area contributed by atoms with Gasteiger partial charge in [0.25, 0.3) is 0 Å². The van der Waals surface area contributed by atoms with Crippen LogP contribution in [-0.4, -0.2) is 7.11 Å². The van der Waals surface area contributed by atoms with E-state index in [0.717, 1.165) is 11.3 Å². The highest BCUT2D eigenvalue weighted by Crippen LogP contribution is 2.36. The van der Waals surface area contributed by atoms with Crippen LogP contribution in [0.5, 0.6) is 5.75 Å². The lowest BCUT2D eigenvalue weighted by Crippen LogP contribution is -1.94. The van der Waals surface area contributed by atoms with Crippen molar-refractivity contribution in [2.75, 3.05) is 7.11 Å². The summed E-state index contributed by atoms with van der Waals surface area (Å²) >= 11 is 1.69. The number of nitrogens with two attached hydrogens (primary N) is 1. The fraction of sp³-hybridized carbons (Fsp3) is 0.286.